The Labute approximate surface area is 206 Å². The summed E-state index contributed by atoms with van der Waals surface area (Å²) in [5.74, 6) is -0.0720. The largest absolute Gasteiger partial charge is 0.385 e. The molecule has 2 aromatic carbocycles. The summed E-state index contributed by atoms with van der Waals surface area (Å²) in [6.45, 7) is 2.92. The van der Waals surface area contributed by atoms with Crippen LogP contribution in [0.1, 0.15) is 42.6 Å². The molecule has 176 valence electrons. The number of carbonyl (C=O) groups is 2. The highest BCUT2D eigenvalue weighted by atomic mass is 35.5. The van der Waals surface area contributed by atoms with Crippen molar-refractivity contribution in [1.82, 2.24) is 15.0 Å². The fourth-order valence-corrected chi connectivity index (χ4v) is 5.18. The van der Waals surface area contributed by atoms with Crippen molar-refractivity contribution in [2.24, 2.45) is 0 Å². The number of methoxy groups -OCH3 is 1. The van der Waals surface area contributed by atoms with Gasteiger partial charge >= 0.3 is 0 Å². The number of nitrogens with one attached hydrogen (secondary N) is 1. The number of nitrogens with zero attached hydrogens (tertiary/aromatic N) is 4. The van der Waals surface area contributed by atoms with Gasteiger partial charge in [-0.1, -0.05) is 40.5 Å². The number of hydrogen-bond acceptors (Lipinski definition) is 5. The molecule has 0 radical (unpaired) electrons. The van der Waals surface area contributed by atoms with Crippen LogP contribution in [0.15, 0.2) is 42.5 Å². The van der Waals surface area contributed by atoms with E-state index in [1.165, 1.54) is 0 Å². The molecule has 10 heteroatoms. The number of ether oxygens (including phenoxy) is 1. The molecule has 2 aliphatic rings. The molecule has 1 aromatic heterocycles. The molecule has 1 N–H and O–H groups in total. The van der Waals surface area contributed by atoms with Crippen molar-refractivity contribution >= 4 is 46.5 Å². The minimum absolute atomic E-state index is 0.0685. The normalized spacial score (nSPS) is 19.8. The highest BCUT2D eigenvalue weighted by molar-refractivity contribution is 6.31. The summed E-state index contributed by atoms with van der Waals surface area (Å²) < 4.78 is 6.82. The third-order valence-electron chi connectivity index (χ3n) is 6.55. The van der Waals surface area contributed by atoms with Crippen LogP contribution in [0, 0.1) is 0 Å². The van der Waals surface area contributed by atoms with Gasteiger partial charge in [-0.25, -0.2) is 4.68 Å². The Bertz CT molecular complexity index is 1280. The van der Waals surface area contributed by atoms with E-state index in [0.717, 1.165) is 11.3 Å². The highest BCUT2D eigenvalue weighted by Gasteiger charge is 2.58. The van der Waals surface area contributed by atoms with Crippen LogP contribution < -0.4 is 10.2 Å². The van der Waals surface area contributed by atoms with E-state index in [1.807, 2.05) is 25.1 Å². The molecule has 0 saturated heterocycles. The minimum atomic E-state index is -1.29. The van der Waals surface area contributed by atoms with E-state index >= 15 is 0 Å². The highest BCUT2D eigenvalue weighted by Crippen LogP contribution is 2.52. The van der Waals surface area contributed by atoms with Crippen LogP contribution in [0.2, 0.25) is 10.0 Å². The first-order valence-corrected chi connectivity index (χ1v) is 11.7. The van der Waals surface area contributed by atoms with Gasteiger partial charge in [0.2, 0.25) is 11.8 Å². The van der Waals surface area contributed by atoms with Crippen LogP contribution in [-0.2, 0) is 19.7 Å². The zero-order valence-corrected chi connectivity index (χ0v) is 20.2. The van der Waals surface area contributed by atoms with Crippen LogP contribution >= 0.6 is 23.2 Å². The van der Waals surface area contributed by atoms with Gasteiger partial charge in [-0.15, -0.1) is 5.10 Å². The molecule has 0 unspecified atom stereocenters. The summed E-state index contributed by atoms with van der Waals surface area (Å²) in [5, 5.41) is 12.8. The lowest BCUT2D eigenvalue weighted by atomic mass is 9.73. The van der Waals surface area contributed by atoms with Gasteiger partial charge in [0.15, 0.2) is 5.82 Å². The topological polar surface area (TPSA) is 89.3 Å². The van der Waals surface area contributed by atoms with Crippen molar-refractivity contribution in [2.75, 3.05) is 30.5 Å². The monoisotopic (exact) mass is 499 g/mol. The molecule has 2 aliphatic heterocycles. The van der Waals surface area contributed by atoms with Gasteiger partial charge < -0.3 is 15.0 Å². The number of fused-ring (bicyclic) bond motifs is 4. The molecule has 0 bridgehead atoms. The lowest BCUT2D eigenvalue weighted by Gasteiger charge is -2.31. The van der Waals surface area contributed by atoms with Crippen LogP contribution in [0.5, 0.6) is 0 Å². The lowest BCUT2D eigenvalue weighted by molar-refractivity contribution is -0.126. The van der Waals surface area contributed by atoms with E-state index in [0.29, 0.717) is 46.7 Å². The summed E-state index contributed by atoms with van der Waals surface area (Å²) in [6.07, 6.45) is 0.584. The first-order valence-electron chi connectivity index (χ1n) is 11.0. The summed E-state index contributed by atoms with van der Waals surface area (Å²) in [6, 6.07) is 12.5. The van der Waals surface area contributed by atoms with Gasteiger partial charge in [0.1, 0.15) is 11.1 Å². The standard InChI is InChI=1S/C24H23Cl2N5O3/c1-14(15-4-6-16(25)7-5-15)31-22-21(28-29-31)24(13-20(32)27-22)18-12-17(26)8-9-19(18)30(23(24)33)10-3-11-34-2/h4-9,12,14H,3,10-11,13H2,1-2H3,(H,27,32)/t14-,24+/m0/s1. The second-order valence-electron chi connectivity index (χ2n) is 8.55. The Balaban J connectivity index is 1.64. The molecule has 2 amide bonds. The zero-order valence-electron chi connectivity index (χ0n) is 18.7. The zero-order chi connectivity index (χ0) is 24.0. The van der Waals surface area contributed by atoms with Crippen molar-refractivity contribution in [2.45, 2.75) is 31.2 Å². The van der Waals surface area contributed by atoms with Crippen LogP contribution in [0.3, 0.4) is 0 Å². The first-order chi connectivity index (χ1) is 16.4. The second kappa shape index (κ2) is 8.69. The van der Waals surface area contributed by atoms with Crippen molar-refractivity contribution < 1.29 is 14.3 Å². The molecule has 34 heavy (non-hydrogen) atoms. The van der Waals surface area contributed by atoms with Gasteiger partial charge in [-0.05, 0) is 54.8 Å². The van der Waals surface area contributed by atoms with E-state index in [-0.39, 0.29) is 24.3 Å². The Kier molecular flexibility index (Phi) is 5.83. The van der Waals surface area contributed by atoms with Gasteiger partial charge in [0.05, 0.1) is 12.5 Å². The Hall–Kier alpha value is -2.94. The Morgan fingerprint density at radius 1 is 1.15 bits per heavy atom. The number of rotatable bonds is 6. The molecule has 5 rings (SSSR count). The summed E-state index contributed by atoms with van der Waals surface area (Å²) in [4.78, 5) is 28.7. The van der Waals surface area contributed by atoms with Gasteiger partial charge in [-0.2, -0.15) is 0 Å². The van der Waals surface area contributed by atoms with Gasteiger partial charge in [-0.3, -0.25) is 9.59 Å². The maximum atomic E-state index is 14.0. The number of anilines is 2. The van der Waals surface area contributed by atoms with Crippen molar-refractivity contribution in [1.29, 1.82) is 0 Å². The van der Waals surface area contributed by atoms with Gasteiger partial charge in [0.25, 0.3) is 0 Å². The van der Waals surface area contributed by atoms with E-state index in [4.69, 9.17) is 27.9 Å². The molecule has 8 nitrogen and oxygen atoms in total. The number of amides is 2. The molecular formula is C24H23Cl2N5O3. The third-order valence-corrected chi connectivity index (χ3v) is 7.04. The quantitative estimate of drug-likeness (QED) is 0.513. The number of halogens is 2. The predicted molar refractivity (Wildman–Crippen MR) is 130 cm³/mol. The second-order valence-corrected chi connectivity index (χ2v) is 9.43. The third kappa shape index (κ3) is 3.48. The van der Waals surface area contributed by atoms with Crippen molar-refractivity contribution in [3.05, 3.63) is 69.3 Å². The smallest absolute Gasteiger partial charge is 0.244 e. The molecule has 0 fully saturated rings. The van der Waals surface area contributed by atoms with E-state index in [9.17, 15) is 9.59 Å². The number of carbonyl (C=O) groups excluding carboxylic acids is 2. The first kappa shape index (κ1) is 22.8. The maximum Gasteiger partial charge on any atom is 0.244 e. The molecule has 0 saturated carbocycles. The SMILES string of the molecule is COCCCN1C(=O)[C@]2(CC(=O)Nc3c2nnn3[C@@H](C)c2ccc(Cl)cc2)c2cc(Cl)ccc21. The molecule has 0 aliphatic carbocycles. The number of aromatic nitrogens is 3. The minimum Gasteiger partial charge on any atom is -0.385 e. The molecule has 2 atom stereocenters. The summed E-state index contributed by atoms with van der Waals surface area (Å²) in [7, 11) is 1.62. The summed E-state index contributed by atoms with van der Waals surface area (Å²) >= 11 is 12.4. The Morgan fingerprint density at radius 3 is 2.62 bits per heavy atom. The van der Waals surface area contributed by atoms with Crippen molar-refractivity contribution in [3.63, 3.8) is 0 Å². The van der Waals surface area contributed by atoms with Crippen molar-refractivity contribution in [3.8, 4) is 0 Å². The maximum absolute atomic E-state index is 14.0. The summed E-state index contributed by atoms with van der Waals surface area (Å²) in [5.41, 5.74) is 1.48. The van der Waals surface area contributed by atoms with Gasteiger partial charge in [0, 0.05) is 36.0 Å². The fraction of sp³-hybridized carbons (Fsp3) is 0.333. The average molecular weight is 500 g/mol. The van der Waals surface area contributed by atoms with Crippen LogP contribution in [-0.4, -0.2) is 47.1 Å². The van der Waals surface area contributed by atoms with E-state index in [1.54, 1.807) is 41.0 Å². The van der Waals surface area contributed by atoms with Crippen LogP contribution in [0.25, 0.3) is 0 Å². The lowest BCUT2D eigenvalue weighted by Crippen LogP contribution is -2.47. The number of hydrogen-bond donors (Lipinski definition) is 1. The van der Waals surface area contributed by atoms with E-state index in [2.05, 4.69) is 15.6 Å². The predicted octanol–water partition coefficient (Wildman–Crippen LogP) is 4.21. The van der Waals surface area contributed by atoms with E-state index < -0.39 is 5.41 Å². The van der Waals surface area contributed by atoms with Crippen LogP contribution in [0.4, 0.5) is 11.5 Å². The average Bonchev–Trinajstić information content (AvgIpc) is 3.33. The molecular weight excluding hydrogens is 477 g/mol. The molecule has 3 aromatic rings. The molecule has 1 spiro atoms. The fourth-order valence-electron chi connectivity index (χ4n) is 4.88. The molecule has 3 heterocycles. The number of benzene rings is 2. The Morgan fingerprint density at radius 2 is 1.88 bits per heavy atom.